The van der Waals surface area contributed by atoms with Crippen molar-refractivity contribution >= 4 is 22.4 Å². The van der Waals surface area contributed by atoms with Crippen LogP contribution in [0.1, 0.15) is 23.7 Å². The van der Waals surface area contributed by atoms with E-state index in [1.807, 2.05) is 54.6 Å². The number of methoxy groups -OCH3 is 1. The molecule has 0 aliphatic heterocycles. The number of anilines is 1. The van der Waals surface area contributed by atoms with Gasteiger partial charge in [0.15, 0.2) is 0 Å². The Morgan fingerprint density at radius 2 is 1.80 bits per heavy atom. The molecule has 0 atom stereocenters. The SMILES string of the molecule is CCCOc1ccc(C(=O)Nc2cccc(OC)c2)c2ccccc12. The molecule has 0 bridgehead atoms. The Bertz CT molecular complexity index is 889. The number of rotatable bonds is 6. The van der Waals surface area contributed by atoms with Crippen molar-refractivity contribution < 1.29 is 14.3 Å². The van der Waals surface area contributed by atoms with E-state index in [-0.39, 0.29) is 5.91 Å². The van der Waals surface area contributed by atoms with Crippen molar-refractivity contribution in [3.8, 4) is 11.5 Å². The van der Waals surface area contributed by atoms with Crippen LogP contribution in [0.2, 0.25) is 0 Å². The van der Waals surface area contributed by atoms with Gasteiger partial charge < -0.3 is 14.8 Å². The molecule has 3 rings (SSSR count). The Balaban J connectivity index is 1.93. The Morgan fingerprint density at radius 3 is 2.56 bits per heavy atom. The average Bonchev–Trinajstić information content (AvgIpc) is 2.66. The molecule has 1 N–H and O–H groups in total. The van der Waals surface area contributed by atoms with Gasteiger partial charge in [0.1, 0.15) is 11.5 Å². The van der Waals surface area contributed by atoms with Gasteiger partial charge in [0.2, 0.25) is 0 Å². The Labute approximate surface area is 147 Å². The van der Waals surface area contributed by atoms with Crippen LogP contribution < -0.4 is 14.8 Å². The van der Waals surface area contributed by atoms with Crippen molar-refractivity contribution in [2.75, 3.05) is 19.0 Å². The second-order valence-corrected chi connectivity index (χ2v) is 5.69. The van der Waals surface area contributed by atoms with Crippen molar-refractivity contribution in [2.45, 2.75) is 13.3 Å². The molecule has 0 fully saturated rings. The van der Waals surface area contributed by atoms with E-state index < -0.39 is 0 Å². The third kappa shape index (κ3) is 3.74. The molecule has 0 aliphatic rings. The van der Waals surface area contributed by atoms with Crippen LogP contribution in [0.15, 0.2) is 60.7 Å². The molecule has 0 saturated carbocycles. The lowest BCUT2D eigenvalue weighted by Crippen LogP contribution is -2.12. The molecule has 1 amide bonds. The van der Waals surface area contributed by atoms with E-state index in [0.717, 1.165) is 22.9 Å². The third-order valence-electron chi connectivity index (χ3n) is 3.92. The summed E-state index contributed by atoms with van der Waals surface area (Å²) in [5.74, 6) is 1.34. The molecule has 0 spiro atoms. The van der Waals surface area contributed by atoms with Crippen molar-refractivity contribution in [3.63, 3.8) is 0 Å². The van der Waals surface area contributed by atoms with E-state index in [2.05, 4.69) is 12.2 Å². The van der Waals surface area contributed by atoms with Crippen LogP contribution >= 0.6 is 0 Å². The van der Waals surface area contributed by atoms with Gasteiger partial charge in [0, 0.05) is 22.7 Å². The molecule has 3 aromatic carbocycles. The van der Waals surface area contributed by atoms with E-state index >= 15 is 0 Å². The zero-order chi connectivity index (χ0) is 17.6. The van der Waals surface area contributed by atoms with E-state index in [9.17, 15) is 4.79 Å². The van der Waals surface area contributed by atoms with Crippen LogP contribution in [-0.2, 0) is 0 Å². The summed E-state index contributed by atoms with van der Waals surface area (Å²) in [6, 6.07) is 18.8. The van der Waals surface area contributed by atoms with E-state index in [0.29, 0.717) is 23.6 Å². The zero-order valence-electron chi connectivity index (χ0n) is 14.4. The quantitative estimate of drug-likeness (QED) is 0.698. The minimum atomic E-state index is -0.161. The predicted octanol–water partition coefficient (Wildman–Crippen LogP) is 4.89. The van der Waals surface area contributed by atoms with Gasteiger partial charge in [-0.3, -0.25) is 4.79 Å². The molecule has 4 heteroatoms. The van der Waals surface area contributed by atoms with Gasteiger partial charge in [-0.25, -0.2) is 0 Å². The fourth-order valence-electron chi connectivity index (χ4n) is 2.71. The van der Waals surface area contributed by atoms with Gasteiger partial charge in [-0.2, -0.15) is 0 Å². The Morgan fingerprint density at radius 1 is 1.00 bits per heavy atom. The number of hydrogen-bond donors (Lipinski definition) is 1. The summed E-state index contributed by atoms with van der Waals surface area (Å²) in [5.41, 5.74) is 1.31. The Kier molecular flexibility index (Phi) is 5.19. The molecular weight excluding hydrogens is 314 g/mol. The largest absolute Gasteiger partial charge is 0.497 e. The summed E-state index contributed by atoms with van der Waals surface area (Å²) < 4.78 is 11.0. The maximum Gasteiger partial charge on any atom is 0.256 e. The van der Waals surface area contributed by atoms with Gasteiger partial charge in [0.25, 0.3) is 5.91 Å². The van der Waals surface area contributed by atoms with Crippen LogP contribution in [0.5, 0.6) is 11.5 Å². The summed E-state index contributed by atoms with van der Waals surface area (Å²) in [4.78, 5) is 12.8. The topological polar surface area (TPSA) is 47.6 Å². The summed E-state index contributed by atoms with van der Waals surface area (Å²) in [7, 11) is 1.60. The first-order valence-corrected chi connectivity index (χ1v) is 8.33. The van der Waals surface area contributed by atoms with Crippen molar-refractivity contribution in [2.24, 2.45) is 0 Å². The number of carbonyl (C=O) groups is 1. The molecule has 0 aromatic heterocycles. The molecule has 0 heterocycles. The predicted molar refractivity (Wildman–Crippen MR) is 101 cm³/mol. The zero-order valence-corrected chi connectivity index (χ0v) is 14.4. The molecular formula is C21H21NO3. The molecule has 0 unspecified atom stereocenters. The maximum atomic E-state index is 12.8. The van der Waals surface area contributed by atoms with Gasteiger partial charge in [0.05, 0.1) is 13.7 Å². The highest BCUT2D eigenvalue weighted by Gasteiger charge is 2.13. The number of nitrogens with one attached hydrogen (secondary N) is 1. The molecule has 0 radical (unpaired) electrons. The molecule has 3 aromatic rings. The van der Waals surface area contributed by atoms with Crippen LogP contribution in [0.4, 0.5) is 5.69 Å². The molecule has 0 saturated heterocycles. The third-order valence-corrected chi connectivity index (χ3v) is 3.92. The van der Waals surface area contributed by atoms with Gasteiger partial charge in [-0.1, -0.05) is 37.3 Å². The minimum Gasteiger partial charge on any atom is -0.497 e. The smallest absolute Gasteiger partial charge is 0.256 e. The van der Waals surface area contributed by atoms with Crippen molar-refractivity contribution in [3.05, 3.63) is 66.2 Å². The number of amides is 1. The summed E-state index contributed by atoms with van der Waals surface area (Å²) in [6.45, 7) is 2.72. The first-order valence-electron chi connectivity index (χ1n) is 8.33. The lowest BCUT2D eigenvalue weighted by Gasteiger charge is -2.13. The van der Waals surface area contributed by atoms with Gasteiger partial charge in [-0.15, -0.1) is 0 Å². The Hall–Kier alpha value is -3.01. The van der Waals surface area contributed by atoms with E-state index in [1.54, 1.807) is 13.2 Å². The van der Waals surface area contributed by atoms with Crippen LogP contribution in [0, 0.1) is 0 Å². The number of ether oxygens (including phenoxy) is 2. The summed E-state index contributed by atoms with van der Waals surface area (Å²) in [6.07, 6.45) is 0.937. The number of hydrogen-bond acceptors (Lipinski definition) is 3. The first-order chi connectivity index (χ1) is 12.2. The van der Waals surface area contributed by atoms with Crippen molar-refractivity contribution in [1.82, 2.24) is 0 Å². The van der Waals surface area contributed by atoms with Crippen LogP contribution in [-0.4, -0.2) is 19.6 Å². The molecule has 4 nitrogen and oxygen atoms in total. The standard InChI is InChI=1S/C21H21NO3/c1-3-13-25-20-12-11-19(17-9-4-5-10-18(17)20)21(23)22-15-7-6-8-16(14-15)24-2/h4-12,14H,3,13H2,1-2H3,(H,22,23). The average molecular weight is 335 g/mol. The highest BCUT2D eigenvalue weighted by Crippen LogP contribution is 2.29. The number of carbonyl (C=O) groups excluding carboxylic acids is 1. The summed E-state index contributed by atoms with van der Waals surface area (Å²) >= 11 is 0. The van der Waals surface area contributed by atoms with Crippen LogP contribution in [0.25, 0.3) is 10.8 Å². The normalized spacial score (nSPS) is 10.5. The lowest BCUT2D eigenvalue weighted by atomic mass is 10.0. The fraction of sp³-hybridized carbons (Fsp3) is 0.190. The molecule has 128 valence electrons. The second kappa shape index (κ2) is 7.71. The fourth-order valence-corrected chi connectivity index (χ4v) is 2.71. The van der Waals surface area contributed by atoms with E-state index in [1.165, 1.54) is 0 Å². The second-order valence-electron chi connectivity index (χ2n) is 5.69. The van der Waals surface area contributed by atoms with Gasteiger partial charge >= 0.3 is 0 Å². The maximum absolute atomic E-state index is 12.8. The van der Waals surface area contributed by atoms with E-state index in [4.69, 9.17) is 9.47 Å². The summed E-state index contributed by atoms with van der Waals surface area (Å²) in [5, 5.41) is 4.74. The first kappa shape index (κ1) is 16.8. The monoisotopic (exact) mass is 335 g/mol. The molecule has 25 heavy (non-hydrogen) atoms. The minimum absolute atomic E-state index is 0.161. The molecule has 0 aliphatic carbocycles. The lowest BCUT2D eigenvalue weighted by molar-refractivity contribution is 0.102. The highest BCUT2D eigenvalue weighted by atomic mass is 16.5. The number of benzene rings is 3. The highest BCUT2D eigenvalue weighted by molar-refractivity contribution is 6.14. The van der Waals surface area contributed by atoms with Crippen molar-refractivity contribution in [1.29, 1.82) is 0 Å². The number of fused-ring (bicyclic) bond motifs is 1. The van der Waals surface area contributed by atoms with Gasteiger partial charge in [-0.05, 0) is 36.1 Å². The van der Waals surface area contributed by atoms with Crippen LogP contribution in [0.3, 0.4) is 0 Å².